The number of unbranched alkanes of at least 4 members (excludes halogenated alkanes) is 46. The van der Waals surface area contributed by atoms with E-state index in [-0.39, 0.29) is 18.5 Å². The zero-order chi connectivity index (χ0) is 55.0. The van der Waals surface area contributed by atoms with E-state index in [0.717, 1.165) is 51.4 Å². The van der Waals surface area contributed by atoms with Crippen molar-refractivity contribution in [1.29, 1.82) is 0 Å². The van der Waals surface area contributed by atoms with Gasteiger partial charge in [-0.1, -0.05) is 306 Å². The maximum absolute atomic E-state index is 12.5. The number of aliphatic hydroxyl groups is 2. The van der Waals surface area contributed by atoms with Crippen molar-refractivity contribution in [2.24, 2.45) is 0 Å². The molecule has 0 heterocycles. The molecule has 0 aliphatic rings. The average Bonchev–Trinajstić information content (AvgIpc) is 3.42. The number of aliphatic hydroxyl groups excluding tert-OH is 2. The normalized spacial score (nSPS) is 12.8. The third-order valence-corrected chi connectivity index (χ3v) is 15.6. The third kappa shape index (κ3) is 61.0. The first-order valence-corrected chi connectivity index (χ1v) is 33.9. The van der Waals surface area contributed by atoms with Gasteiger partial charge in [-0.2, -0.15) is 0 Å². The van der Waals surface area contributed by atoms with E-state index in [1.165, 1.54) is 283 Å². The van der Waals surface area contributed by atoms with Crippen molar-refractivity contribution >= 4 is 11.9 Å². The van der Waals surface area contributed by atoms with Crippen molar-refractivity contribution in [3.05, 3.63) is 48.6 Å². The molecule has 1 amide bonds. The Balaban J connectivity index is 3.41. The first-order chi connectivity index (χ1) is 37.5. The van der Waals surface area contributed by atoms with E-state index < -0.39 is 12.1 Å². The molecule has 6 nitrogen and oxygen atoms in total. The number of hydrogen-bond acceptors (Lipinski definition) is 5. The fourth-order valence-corrected chi connectivity index (χ4v) is 10.4. The molecule has 76 heavy (non-hydrogen) atoms. The molecule has 446 valence electrons. The molecule has 0 radical (unpaired) electrons. The van der Waals surface area contributed by atoms with Crippen LogP contribution in [0.1, 0.15) is 361 Å². The molecule has 0 aromatic carbocycles. The summed E-state index contributed by atoms with van der Waals surface area (Å²) in [5.41, 5.74) is 0. The van der Waals surface area contributed by atoms with Crippen molar-refractivity contribution in [2.45, 2.75) is 373 Å². The second kappa shape index (κ2) is 65.3. The highest BCUT2D eigenvalue weighted by molar-refractivity contribution is 5.76. The van der Waals surface area contributed by atoms with Crippen LogP contribution in [0.2, 0.25) is 0 Å². The highest BCUT2D eigenvalue weighted by Gasteiger charge is 2.18. The molecule has 6 heteroatoms. The number of allylic oxidation sites excluding steroid dienone is 7. The lowest BCUT2D eigenvalue weighted by Crippen LogP contribution is -2.45. The summed E-state index contributed by atoms with van der Waals surface area (Å²) in [7, 11) is 0. The Kier molecular flexibility index (Phi) is 63.5. The zero-order valence-corrected chi connectivity index (χ0v) is 51.0. The first-order valence-electron chi connectivity index (χ1n) is 33.9. The molecule has 0 fully saturated rings. The lowest BCUT2D eigenvalue weighted by molar-refractivity contribution is -0.143. The lowest BCUT2D eigenvalue weighted by atomic mass is 10.0. The number of rotatable bonds is 63. The van der Waals surface area contributed by atoms with Gasteiger partial charge in [-0.3, -0.25) is 9.59 Å². The molecule has 0 saturated carbocycles. The van der Waals surface area contributed by atoms with Gasteiger partial charge in [0.25, 0.3) is 0 Å². The maximum atomic E-state index is 12.5. The fraction of sp³-hybridized carbons (Fsp3) is 0.857. The van der Waals surface area contributed by atoms with Gasteiger partial charge in [0.2, 0.25) is 5.91 Å². The number of hydrogen-bond donors (Lipinski definition) is 3. The van der Waals surface area contributed by atoms with E-state index in [9.17, 15) is 19.8 Å². The Morgan fingerprint density at radius 3 is 1.04 bits per heavy atom. The Hall–Kier alpha value is -2.18. The summed E-state index contributed by atoms with van der Waals surface area (Å²) in [6.07, 6.45) is 84.6. The fourth-order valence-electron chi connectivity index (χ4n) is 10.4. The van der Waals surface area contributed by atoms with Crippen molar-refractivity contribution in [3.63, 3.8) is 0 Å². The molecule has 0 aliphatic carbocycles. The number of amides is 1. The van der Waals surface area contributed by atoms with Crippen LogP contribution in [0.15, 0.2) is 48.6 Å². The third-order valence-electron chi connectivity index (χ3n) is 15.6. The van der Waals surface area contributed by atoms with Gasteiger partial charge < -0.3 is 20.3 Å². The van der Waals surface area contributed by atoms with E-state index in [0.29, 0.717) is 19.4 Å². The summed E-state index contributed by atoms with van der Waals surface area (Å²) in [5.74, 6) is -0.0663. The van der Waals surface area contributed by atoms with Crippen molar-refractivity contribution in [3.8, 4) is 0 Å². The minimum Gasteiger partial charge on any atom is -0.466 e. The highest BCUT2D eigenvalue weighted by Crippen LogP contribution is 2.17. The van der Waals surface area contributed by atoms with Gasteiger partial charge in [0.1, 0.15) is 0 Å². The van der Waals surface area contributed by atoms with Crippen molar-refractivity contribution in [1.82, 2.24) is 5.32 Å². The minimum atomic E-state index is -0.846. The van der Waals surface area contributed by atoms with Gasteiger partial charge >= 0.3 is 5.97 Å². The van der Waals surface area contributed by atoms with Gasteiger partial charge in [0, 0.05) is 12.8 Å². The van der Waals surface area contributed by atoms with Crippen LogP contribution in [0.3, 0.4) is 0 Å². The minimum absolute atomic E-state index is 0.000654. The van der Waals surface area contributed by atoms with Crippen LogP contribution in [0.25, 0.3) is 0 Å². The second-order valence-corrected chi connectivity index (χ2v) is 23.1. The molecule has 2 atom stereocenters. The van der Waals surface area contributed by atoms with Crippen LogP contribution in [0, 0.1) is 0 Å². The SMILES string of the molecule is CCCCC/C=C\C/C=C\CCCCCCCC(=O)OCCCCCCCCCCCCCC/C=C\CCCCCCCCCCCCCC(=O)NC(CO)C(O)/C=C/CCCCCCCCCCCCCCCCC. The van der Waals surface area contributed by atoms with E-state index >= 15 is 0 Å². The van der Waals surface area contributed by atoms with E-state index in [2.05, 4.69) is 55.6 Å². The molecule has 0 spiro atoms. The number of nitrogens with one attached hydrogen (secondary N) is 1. The van der Waals surface area contributed by atoms with Crippen LogP contribution in [0.4, 0.5) is 0 Å². The Morgan fingerprint density at radius 1 is 0.368 bits per heavy atom. The molecule has 0 aromatic heterocycles. The predicted octanol–water partition coefficient (Wildman–Crippen LogP) is 21.7. The van der Waals surface area contributed by atoms with Crippen LogP contribution >= 0.6 is 0 Å². The molecule has 0 aliphatic heterocycles. The zero-order valence-electron chi connectivity index (χ0n) is 51.0. The highest BCUT2D eigenvalue weighted by atomic mass is 16.5. The van der Waals surface area contributed by atoms with Gasteiger partial charge in [-0.25, -0.2) is 0 Å². The van der Waals surface area contributed by atoms with Crippen LogP contribution in [-0.4, -0.2) is 47.4 Å². The molecule has 0 saturated heterocycles. The topological polar surface area (TPSA) is 95.9 Å². The quantitative estimate of drug-likeness (QED) is 0.0320. The second-order valence-electron chi connectivity index (χ2n) is 23.1. The summed E-state index contributed by atoms with van der Waals surface area (Å²) in [6.45, 7) is 4.89. The molecular weight excluding hydrogens is 935 g/mol. The number of carbonyl (C=O) groups excluding carboxylic acids is 2. The van der Waals surface area contributed by atoms with Crippen molar-refractivity contribution in [2.75, 3.05) is 13.2 Å². The Labute approximate surface area is 474 Å². The number of ether oxygens (including phenoxy) is 1. The van der Waals surface area contributed by atoms with E-state index in [1.807, 2.05) is 6.08 Å². The smallest absolute Gasteiger partial charge is 0.305 e. The van der Waals surface area contributed by atoms with Gasteiger partial charge in [-0.15, -0.1) is 0 Å². The lowest BCUT2D eigenvalue weighted by Gasteiger charge is -2.20. The average molecular weight is 1070 g/mol. The summed E-state index contributed by atoms with van der Waals surface area (Å²) < 4.78 is 5.48. The predicted molar refractivity (Wildman–Crippen MR) is 333 cm³/mol. The molecular formula is C70H131NO5. The molecule has 0 bridgehead atoms. The summed E-state index contributed by atoms with van der Waals surface area (Å²) in [5, 5.41) is 23.2. The number of esters is 1. The van der Waals surface area contributed by atoms with Crippen LogP contribution in [0.5, 0.6) is 0 Å². The summed E-state index contributed by atoms with van der Waals surface area (Å²) in [4.78, 5) is 24.6. The Bertz CT molecular complexity index is 1270. The van der Waals surface area contributed by atoms with Gasteiger partial charge in [-0.05, 0) is 89.9 Å². The molecule has 3 N–H and O–H groups in total. The molecule has 0 aromatic rings. The van der Waals surface area contributed by atoms with E-state index in [1.54, 1.807) is 6.08 Å². The first kappa shape index (κ1) is 73.8. The standard InChI is InChI=1S/C70H131NO5/c1-3-5-7-9-11-13-15-17-19-31-35-38-42-46-50-54-58-62-68(73)67(66-72)71-69(74)63-59-55-51-47-43-39-36-32-29-27-25-23-21-20-22-24-26-28-30-33-37-41-45-49-53-57-61-65-76-70(75)64-60-56-52-48-44-40-34-18-16-14-12-10-8-6-4-2/h12,14,18,20-21,34,58,62,67-68,72-73H,3-11,13,15-17,19,22-33,35-57,59-61,63-66H2,1-2H3,(H,71,74)/b14-12-,21-20-,34-18-,62-58+. The van der Waals surface area contributed by atoms with Crippen LogP contribution in [-0.2, 0) is 14.3 Å². The van der Waals surface area contributed by atoms with E-state index in [4.69, 9.17) is 4.74 Å². The summed E-state index contributed by atoms with van der Waals surface area (Å²) in [6, 6.07) is -0.629. The summed E-state index contributed by atoms with van der Waals surface area (Å²) >= 11 is 0. The number of carbonyl (C=O) groups is 2. The Morgan fingerprint density at radius 2 is 0.658 bits per heavy atom. The monoisotopic (exact) mass is 1070 g/mol. The van der Waals surface area contributed by atoms with Crippen molar-refractivity contribution < 1.29 is 24.5 Å². The largest absolute Gasteiger partial charge is 0.466 e. The molecule has 2 unspecified atom stereocenters. The van der Waals surface area contributed by atoms with Crippen LogP contribution < -0.4 is 5.32 Å². The van der Waals surface area contributed by atoms with Gasteiger partial charge in [0.15, 0.2) is 0 Å². The maximum Gasteiger partial charge on any atom is 0.305 e. The molecule has 0 rings (SSSR count). The van der Waals surface area contributed by atoms with Gasteiger partial charge in [0.05, 0.1) is 25.4 Å².